The van der Waals surface area contributed by atoms with Crippen LogP contribution in [0.5, 0.6) is 5.75 Å². The molecule has 0 radical (unpaired) electrons. The Bertz CT molecular complexity index is 1100. The number of amides is 1. The highest BCUT2D eigenvalue weighted by atomic mass is 32.2. The summed E-state index contributed by atoms with van der Waals surface area (Å²) < 4.78 is 46.5. The summed E-state index contributed by atoms with van der Waals surface area (Å²) in [5.74, 6) is -0.611. The third-order valence-electron chi connectivity index (χ3n) is 3.96. The fraction of sp³-hybridized carbons (Fsp3) is 0.0952. The molecule has 0 bridgehead atoms. The highest BCUT2D eigenvalue weighted by molar-refractivity contribution is 7.92. The lowest BCUT2D eigenvalue weighted by Crippen LogP contribution is -2.15. The zero-order valence-corrected chi connectivity index (χ0v) is 16.4. The molecule has 1 amide bonds. The highest BCUT2D eigenvalue weighted by Gasteiger charge is 2.15. The molecule has 3 rings (SSSR count). The van der Waals surface area contributed by atoms with Crippen LogP contribution in [-0.4, -0.2) is 20.9 Å². The second-order valence-electron chi connectivity index (χ2n) is 6.02. The Labute approximate surface area is 168 Å². The Morgan fingerprint density at radius 1 is 0.931 bits per heavy atom. The molecule has 0 atom stereocenters. The van der Waals surface area contributed by atoms with E-state index in [9.17, 15) is 17.6 Å². The van der Waals surface area contributed by atoms with Crippen molar-refractivity contribution in [3.8, 4) is 5.75 Å². The van der Waals surface area contributed by atoms with Gasteiger partial charge in [-0.15, -0.1) is 0 Å². The molecule has 0 aliphatic carbocycles. The highest BCUT2D eigenvalue weighted by Crippen LogP contribution is 2.21. The van der Waals surface area contributed by atoms with Gasteiger partial charge in [-0.1, -0.05) is 12.1 Å². The van der Waals surface area contributed by atoms with Crippen LogP contribution in [-0.2, 0) is 10.0 Å². The van der Waals surface area contributed by atoms with Gasteiger partial charge in [0, 0.05) is 11.4 Å². The molecule has 0 aromatic heterocycles. The van der Waals surface area contributed by atoms with E-state index < -0.39 is 21.7 Å². The van der Waals surface area contributed by atoms with E-state index in [-0.39, 0.29) is 10.5 Å². The van der Waals surface area contributed by atoms with Crippen molar-refractivity contribution >= 4 is 27.3 Å². The number of hydrogen-bond acceptors (Lipinski definition) is 4. The van der Waals surface area contributed by atoms with E-state index in [0.717, 1.165) is 0 Å². The molecule has 2 N–H and O–H groups in total. The van der Waals surface area contributed by atoms with Crippen molar-refractivity contribution in [2.24, 2.45) is 0 Å². The average Bonchev–Trinajstić information content (AvgIpc) is 2.70. The summed E-state index contributed by atoms with van der Waals surface area (Å²) in [6.45, 7) is 2.38. The quantitative estimate of drug-likeness (QED) is 0.604. The number of benzene rings is 3. The lowest BCUT2D eigenvalue weighted by Gasteiger charge is -2.10. The molecule has 3 aromatic rings. The van der Waals surface area contributed by atoms with Crippen LogP contribution in [0.3, 0.4) is 0 Å². The molecule has 0 heterocycles. The molecule has 0 saturated heterocycles. The third-order valence-corrected chi connectivity index (χ3v) is 5.36. The second kappa shape index (κ2) is 8.74. The van der Waals surface area contributed by atoms with Crippen LogP contribution in [0.25, 0.3) is 0 Å². The number of hydrogen-bond donors (Lipinski definition) is 2. The van der Waals surface area contributed by atoms with Gasteiger partial charge >= 0.3 is 0 Å². The van der Waals surface area contributed by atoms with Crippen LogP contribution < -0.4 is 14.8 Å². The van der Waals surface area contributed by atoms with Crippen molar-refractivity contribution in [1.29, 1.82) is 0 Å². The zero-order chi connectivity index (χ0) is 20.9. The Hall–Kier alpha value is -3.39. The molecule has 0 fully saturated rings. The molecule has 8 heteroatoms. The lowest BCUT2D eigenvalue weighted by molar-refractivity contribution is 0.102. The van der Waals surface area contributed by atoms with Gasteiger partial charge in [0.1, 0.15) is 11.6 Å². The fourth-order valence-electron chi connectivity index (χ4n) is 2.56. The standard InChI is InChI=1S/C21H19FN2O4S/c1-2-28-17-11-7-16(8-12-17)24-29(26,27)18-13-9-15(10-14-18)23-21(25)19-5-3-4-6-20(19)22/h3-14,24H,2H2,1H3,(H,23,25). The molecular weight excluding hydrogens is 395 g/mol. The normalized spacial score (nSPS) is 11.0. The first kappa shape index (κ1) is 20.3. The second-order valence-corrected chi connectivity index (χ2v) is 7.70. The molecule has 0 unspecified atom stereocenters. The van der Waals surface area contributed by atoms with Crippen LogP contribution in [0.1, 0.15) is 17.3 Å². The predicted octanol–water partition coefficient (Wildman–Crippen LogP) is 4.28. The number of carbonyl (C=O) groups is 1. The monoisotopic (exact) mass is 414 g/mol. The van der Waals surface area contributed by atoms with Gasteiger partial charge in [0.15, 0.2) is 0 Å². The summed E-state index contributed by atoms with van der Waals surface area (Å²) in [4.78, 5) is 12.2. The number of anilines is 2. The van der Waals surface area contributed by atoms with Gasteiger partial charge in [-0.25, -0.2) is 12.8 Å². The topological polar surface area (TPSA) is 84.5 Å². The maximum absolute atomic E-state index is 13.7. The zero-order valence-electron chi connectivity index (χ0n) is 15.6. The van der Waals surface area contributed by atoms with Crippen LogP contribution in [0.2, 0.25) is 0 Å². The van der Waals surface area contributed by atoms with Gasteiger partial charge < -0.3 is 10.1 Å². The van der Waals surface area contributed by atoms with Crippen LogP contribution in [0, 0.1) is 5.82 Å². The van der Waals surface area contributed by atoms with E-state index in [4.69, 9.17) is 4.74 Å². The first-order valence-corrected chi connectivity index (χ1v) is 10.3. The number of carbonyl (C=O) groups excluding carboxylic acids is 1. The van der Waals surface area contributed by atoms with Crippen LogP contribution in [0.15, 0.2) is 77.7 Å². The summed E-state index contributed by atoms with van der Waals surface area (Å²) in [6, 6.07) is 17.7. The first-order valence-electron chi connectivity index (χ1n) is 8.80. The Morgan fingerprint density at radius 2 is 1.55 bits per heavy atom. The molecule has 6 nitrogen and oxygen atoms in total. The van der Waals surface area contributed by atoms with E-state index in [2.05, 4.69) is 10.0 Å². The number of ether oxygens (including phenoxy) is 1. The van der Waals surface area contributed by atoms with Crippen molar-refractivity contribution in [3.05, 3.63) is 84.2 Å². The summed E-state index contributed by atoms with van der Waals surface area (Å²) in [7, 11) is -3.81. The van der Waals surface area contributed by atoms with Gasteiger partial charge in [-0.3, -0.25) is 9.52 Å². The van der Waals surface area contributed by atoms with Crippen molar-refractivity contribution in [2.75, 3.05) is 16.6 Å². The number of rotatable bonds is 7. The minimum Gasteiger partial charge on any atom is -0.494 e. The van der Waals surface area contributed by atoms with E-state index in [1.54, 1.807) is 30.3 Å². The maximum atomic E-state index is 13.7. The number of sulfonamides is 1. The fourth-order valence-corrected chi connectivity index (χ4v) is 3.62. The van der Waals surface area contributed by atoms with Gasteiger partial charge in [0.25, 0.3) is 15.9 Å². The first-order chi connectivity index (χ1) is 13.9. The molecule has 150 valence electrons. The Morgan fingerprint density at radius 3 is 2.17 bits per heavy atom. The van der Waals surface area contributed by atoms with E-state index >= 15 is 0 Å². The Balaban J connectivity index is 1.70. The van der Waals surface area contributed by atoms with Gasteiger partial charge in [-0.2, -0.15) is 0 Å². The van der Waals surface area contributed by atoms with Crippen molar-refractivity contribution in [3.63, 3.8) is 0 Å². The lowest BCUT2D eigenvalue weighted by atomic mass is 10.2. The van der Waals surface area contributed by atoms with Gasteiger partial charge in [-0.05, 0) is 67.6 Å². The minimum atomic E-state index is -3.81. The largest absolute Gasteiger partial charge is 0.494 e. The summed E-state index contributed by atoms with van der Waals surface area (Å²) >= 11 is 0. The maximum Gasteiger partial charge on any atom is 0.261 e. The minimum absolute atomic E-state index is 0.0234. The molecule has 0 saturated carbocycles. The average molecular weight is 414 g/mol. The van der Waals surface area contributed by atoms with Crippen LogP contribution in [0.4, 0.5) is 15.8 Å². The molecule has 3 aromatic carbocycles. The SMILES string of the molecule is CCOc1ccc(NS(=O)(=O)c2ccc(NC(=O)c3ccccc3F)cc2)cc1. The molecule has 0 spiro atoms. The summed E-state index contributed by atoms with van der Waals surface area (Å²) in [5.41, 5.74) is 0.644. The molecular formula is C21H19FN2O4S. The molecule has 0 aliphatic rings. The summed E-state index contributed by atoms with van der Waals surface area (Å²) in [6.07, 6.45) is 0. The van der Waals surface area contributed by atoms with Crippen LogP contribution >= 0.6 is 0 Å². The van der Waals surface area contributed by atoms with E-state index in [1.807, 2.05) is 6.92 Å². The van der Waals surface area contributed by atoms with Gasteiger partial charge in [0.2, 0.25) is 0 Å². The smallest absolute Gasteiger partial charge is 0.261 e. The van der Waals surface area contributed by atoms with Crippen molar-refractivity contribution in [1.82, 2.24) is 0 Å². The summed E-state index contributed by atoms with van der Waals surface area (Å²) in [5, 5.41) is 2.54. The number of halogens is 1. The van der Waals surface area contributed by atoms with Crippen molar-refractivity contribution < 1.29 is 22.3 Å². The third kappa shape index (κ3) is 5.11. The van der Waals surface area contributed by atoms with E-state index in [0.29, 0.717) is 23.7 Å². The van der Waals surface area contributed by atoms with Crippen molar-refractivity contribution in [2.45, 2.75) is 11.8 Å². The molecule has 29 heavy (non-hydrogen) atoms. The number of nitrogens with one attached hydrogen (secondary N) is 2. The van der Waals surface area contributed by atoms with E-state index in [1.165, 1.54) is 42.5 Å². The predicted molar refractivity (Wildman–Crippen MR) is 109 cm³/mol. The molecule has 0 aliphatic heterocycles. The Kier molecular flexibility index (Phi) is 6.13. The van der Waals surface area contributed by atoms with Gasteiger partial charge in [0.05, 0.1) is 17.1 Å².